The topological polar surface area (TPSA) is 87.5 Å². The number of halogens is 2. The summed E-state index contributed by atoms with van der Waals surface area (Å²) in [5, 5.41) is 18.9. The molecule has 0 spiro atoms. The van der Waals surface area contributed by atoms with Crippen LogP contribution in [-0.4, -0.2) is 44.2 Å². The summed E-state index contributed by atoms with van der Waals surface area (Å²) in [4.78, 5) is 13.6. The van der Waals surface area contributed by atoms with E-state index in [1.807, 2.05) is 10.9 Å². The summed E-state index contributed by atoms with van der Waals surface area (Å²) < 4.78 is 32.6. The highest BCUT2D eigenvalue weighted by atomic mass is 32.1. The lowest BCUT2D eigenvalue weighted by Crippen LogP contribution is -2.44. The predicted molar refractivity (Wildman–Crippen MR) is 65.5 cm³/mol. The van der Waals surface area contributed by atoms with Crippen molar-refractivity contribution in [1.82, 2.24) is 9.55 Å². The van der Waals surface area contributed by atoms with Crippen molar-refractivity contribution in [1.29, 1.82) is 0 Å². The summed E-state index contributed by atoms with van der Waals surface area (Å²) in [7, 11) is 0. The molecule has 9 heteroatoms. The molecule has 1 fully saturated rings. The van der Waals surface area contributed by atoms with Crippen LogP contribution in [0.1, 0.15) is 6.23 Å². The number of aromatic amines is 1. The Bertz CT molecular complexity index is 682. The fourth-order valence-electron chi connectivity index (χ4n) is 1.92. The third kappa shape index (κ3) is 2.06. The van der Waals surface area contributed by atoms with Crippen LogP contribution in [0.5, 0.6) is 0 Å². The van der Waals surface area contributed by atoms with Gasteiger partial charge in [0, 0.05) is 0 Å². The molecule has 6 nitrogen and oxygen atoms in total. The van der Waals surface area contributed by atoms with Crippen molar-refractivity contribution >= 4 is 12.2 Å². The molecule has 1 aliphatic rings. The van der Waals surface area contributed by atoms with Crippen molar-refractivity contribution in [3.05, 3.63) is 27.1 Å². The van der Waals surface area contributed by atoms with E-state index >= 15 is 0 Å². The summed E-state index contributed by atoms with van der Waals surface area (Å²) in [6, 6.07) is 0. The van der Waals surface area contributed by atoms with Crippen LogP contribution >= 0.6 is 12.2 Å². The molecule has 1 saturated heterocycles. The maximum absolute atomic E-state index is 14.0. The van der Waals surface area contributed by atoms with E-state index in [9.17, 15) is 18.7 Å². The number of nitrogens with one attached hydrogen (secondary N) is 1. The van der Waals surface area contributed by atoms with Crippen molar-refractivity contribution in [3.8, 4) is 12.3 Å². The van der Waals surface area contributed by atoms with Gasteiger partial charge in [-0.2, -0.15) is 0 Å². The van der Waals surface area contributed by atoms with Gasteiger partial charge in [0.1, 0.15) is 10.7 Å². The number of aromatic nitrogens is 2. The maximum atomic E-state index is 14.0. The molecule has 0 unspecified atom stereocenters. The number of hydrogen-bond acceptors (Lipinski definition) is 5. The second-order valence-electron chi connectivity index (χ2n) is 4.23. The van der Waals surface area contributed by atoms with Gasteiger partial charge in [0.05, 0.1) is 12.8 Å². The van der Waals surface area contributed by atoms with Crippen molar-refractivity contribution < 1.29 is 23.7 Å². The maximum Gasteiger partial charge on any atom is 0.328 e. The Hall–Kier alpha value is -1.60. The van der Waals surface area contributed by atoms with Crippen molar-refractivity contribution in [2.24, 2.45) is 0 Å². The average molecular weight is 304 g/mol. The minimum Gasteiger partial charge on any atom is -0.392 e. The Labute approximate surface area is 116 Å². The zero-order valence-corrected chi connectivity index (χ0v) is 10.7. The van der Waals surface area contributed by atoms with E-state index in [0.29, 0.717) is 10.8 Å². The largest absolute Gasteiger partial charge is 0.392 e. The Morgan fingerprint density at radius 1 is 1.70 bits per heavy atom. The fourth-order valence-corrected chi connectivity index (χ4v) is 2.06. The minimum atomic E-state index is -2.13. The van der Waals surface area contributed by atoms with Gasteiger partial charge in [-0.15, -0.1) is 6.42 Å². The van der Waals surface area contributed by atoms with Crippen LogP contribution in [0.4, 0.5) is 8.78 Å². The lowest BCUT2D eigenvalue weighted by molar-refractivity contribution is -0.0925. The number of terminal acetylenes is 1. The molecule has 20 heavy (non-hydrogen) atoms. The molecule has 2 rings (SSSR count). The molecular formula is C11H10F2N2O4S. The number of ether oxygens (including phenoxy) is 1. The summed E-state index contributed by atoms with van der Waals surface area (Å²) in [5.41, 5.74) is -2.92. The van der Waals surface area contributed by atoms with E-state index in [4.69, 9.17) is 16.3 Å². The van der Waals surface area contributed by atoms with Gasteiger partial charge in [-0.1, -0.05) is 18.1 Å². The summed E-state index contributed by atoms with van der Waals surface area (Å²) >= 11 is 4.52. The number of aliphatic hydroxyl groups is 2. The first-order valence-corrected chi connectivity index (χ1v) is 5.86. The molecule has 0 bridgehead atoms. The van der Waals surface area contributed by atoms with Gasteiger partial charge < -0.3 is 14.9 Å². The van der Waals surface area contributed by atoms with E-state index in [2.05, 4.69) is 12.2 Å². The van der Waals surface area contributed by atoms with Crippen molar-refractivity contribution in [2.45, 2.75) is 24.1 Å². The third-order valence-corrected chi connectivity index (χ3v) is 3.36. The molecule has 2 heterocycles. The van der Waals surface area contributed by atoms with E-state index in [1.165, 1.54) is 0 Å². The number of hydrogen-bond donors (Lipinski definition) is 3. The molecule has 1 aromatic rings. The SMILES string of the molecule is C#C[C@]1(CO)O[C@@H](n2cc(F)c(=S)[nH]c2=O)[C@@H](F)[C@H]1O. The molecule has 0 saturated carbocycles. The molecule has 0 aliphatic carbocycles. The standard InChI is InChI=1S/C11H10F2N2O4S/c1-2-11(4-16)7(17)6(13)9(19-11)15-3-5(12)8(20)14-10(15)18/h1,3,6-7,9,16-17H,4H2,(H,14,18,20)/t6-,7+,9+,11+/m0/s1. The summed E-state index contributed by atoms with van der Waals surface area (Å²) in [5.74, 6) is 0.985. The molecule has 108 valence electrons. The molecule has 1 aliphatic heterocycles. The molecule has 0 amide bonds. The first-order valence-electron chi connectivity index (χ1n) is 5.46. The second-order valence-corrected chi connectivity index (χ2v) is 4.64. The monoisotopic (exact) mass is 304 g/mol. The predicted octanol–water partition coefficient (Wildman–Crippen LogP) is -0.363. The molecule has 3 N–H and O–H groups in total. The number of H-pyrrole nitrogens is 1. The van der Waals surface area contributed by atoms with Gasteiger partial charge in [-0.3, -0.25) is 9.55 Å². The van der Waals surface area contributed by atoms with Crippen LogP contribution in [0, 0.1) is 22.8 Å². The molecule has 0 radical (unpaired) electrons. The Morgan fingerprint density at radius 2 is 2.35 bits per heavy atom. The van der Waals surface area contributed by atoms with Crippen LogP contribution < -0.4 is 5.69 Å². The third-order valence-electron chi connectivity index (χ3n) is 3.06. The molecular weight excluding hydrogens is 294 g/mol. The fraction of sp³-hybridized carbons (Fsp3) is 0.455. The van der Waals surface area contributed by atoms with Crippen LogP contribution in [-0.2, 0) is 4.74 Å². The minimum absolute atomic E-state index is 0.439. The van der Waals surface area contributed by atoms with Gasteiger partial charge in [0.25, 0.3) is 0 Å². The molecule has 1 aromatic heterocycles. The van der Waals surface area contributed by atoms with Crippen LogP contribution in [0.3, 0.4) is 0 Å². The van der Waals surface area contributed by atoms with Crippen LogP contribution in [0.15, 0.2) is 11.0 Å². The number of alkyl halides is 1. The normalized spacial score (nSPS) is 33.0. The van der Waals surface area contributed by atoms with Gasteiger partial charge >= 0.3 is 5.69 Å². The van der Waals surface area contributed by atoms with E-state index in [-0.39, 0.29) is 0 Å². The Morgan fingerprint density at radius 3 is 2.85 bits per heavy atom. The second kappa shape index (κ2) is 5.06. The van der Waals surface area contributed by atoms with Gasteiger partial charge in [-0.25, -0.2) is 13.6 Å². The highest BCUT2D eigenvalue weighted by Gasteiger charge is 2.55. The van der Waals surface area contributed by atoms with E-state index in [1.54, 1.807) is 0 Å². The van der Waals surface area contributed by atoms with E-state index < -0.39 is 46.9 Å². The van der Waals surface area contributed by atoms with E-state index in [0.717, 1.165) is 0 Å². The summed E-state index contributed by atoms with van der Waals surface area (Å²) in [6.45, 7) is -0.859. The first-order chi connectivity index (χ1) is 9.36. The zero-order valence-electron chi connectivity index (χ0n) is 9.92. The summed E-state index contributed by atoms with van der Waals surface area (Å²) in [6.07, 6.45) is 0.100. The molecule has 4 atom stereocenters. The number of nitrogens with zero attached hydrogens (tertiary/aromatic N) is 1. The Kier molecular flexibility index (Phi) is 3.75. The smallest absolute Gasteiger partial charge is 0.328 e. The lowest BCUT2D eigenvalue weighted by Gasteiger charge is -2.23. The number of rotatable bonds is 2. The van der Waals surface area contributed by atoms with Crippen molar-refractivity contribution in [3.63, 3.8) is 0 Å². The highest BCUT2D eigenvalue weighted by molar-refractivity contribution is 7.71. The van der Waals surface area contributed by atoms with Crippen LogP contribution in [0.2, 0.25) is 0 Å². The highest BCUT2D eigenvalue weighted by Crippen LogP contribution is 2.37. The average Bonchev–Trinajstić information content (AvgIpc) is 2.68. The van der Waals surface area contributed by atoms with Crippen molar-refractivity contribution in [2.75, 3.05) is 6.61 Å². The number of aliphatic hydroxyl groups excluding tert-OH is 2. The van der Waals surface area contributed by atoms with Gasteiger partial charge in [0.2, 0.25) is 0 Å². The van der Waals surface area contributed by atoms with Gasteiger partial charge in [0.15, 0.2) is 23.8 Å². The van der Waals surface area contributed by atoms with Gasteiger partial charge in [-0.05, 0) is 0 Å². The zero-order chi connectivity index (χ0) is 15.1. The molecule has 0 aromatic carbocycles. The lowest BCUT2D eigenvalue weighted by atomic mass is 9.98. The first kappa shape index (κ1) is 14.8. The Balaban J connectivity index is 2.51. The quantitative estimate of drug-likeness (QED) is 0.513. The van der Waals surface area contributed by atoms with Crippen LogP contribution in [0.25, 0.3) is 0 Å².